The lowest BCUT2D eigenvalue weighted by Gasteiger charge is -2.40. The Morgan fingerprint density at radius 1 is 0.279 bits per heavy atom. The molecule has 14 aromatic carbocycles. The van der Waals surface area contributed by atoms with E-state index < -0.39 is 0 Å². The second-order valence-electron chi connectivity index (χ2n) is 28.2. The first-order valence-electron chi connectivity index (χ1n) is 37.3. The number of rotatable bonds is 10. The van der Waals surface area contributed by atoms with Gasteiger partial charge < -0.3 is 19.3 Å². The molecule has 3 aliphatic heterocycles. The number of fused-ring (bicyclic) bond motifs is 14. The molecule has 3 aliphatic rings. The zero-order valence-corrected chi connectivity index (χ0v) is 61.5. The van der Waals surface area contributed by atoms with Crippen molar-refractivity contribution in [3.63, 3.8) is 0 Å². The van der Waals surface area contributed by atoms with Crippen molar-refractivity contribution in [1.29, 1.82) is 0 Å². The molecule has 0 fully saturated rings. The molecule has 0 bridgehead atoms. The molecular formula is C99H64N10S2. The molecule has 522 valence electrons. The summed E-state index contributed by atoms with van der Waals surface area (Å²) in [5.41, 5.74) is 23.2. The number of anilines is 14. The van der Waals surface area contributed by atoms with Gasteiger partial charge in [0.2, 0.25) is 17.8 Å². The Bertz CT molecular complexity index is 6680. The van der Waals surface area contributed by atoms with Crippen molar-refractivity contribution in [3.05, 3.63) is 382 Å². The standard InChI is InChI=1S/C99H64N10S2/c1-63-55-66(64-27-6-2-7-28-64)31-26-54-104(97-101-98(108-87-42-20-16-38-83(87)105(70-32-10-4-11-33-70)84-39-17-21-43-88(84)108)103-99(102-97)109-89-44-22-18-40-85(89)106(71-34-12-5-13-35-71)86-41-19-23-45-90(86)109)91-62-77-76-56-67(65-29-8-3-9-30-65)48-51-82(76)107(92(77)61-75(63)91)72-59-80(68-49-52-95-78(57-68)73-36-14-24-46-93(73)110-95)100-81(60-72)69-50-53-96-79(58-69)74-37-15-25-47-94(74)111-96/h2-53,55-62H,1,54H2/b31-26-,66-55+. The molecule has 0 aliphatic carbocycles. The van der Waals surface area contributed by atoms with Crippen molar-refractivity contribution in [2.75, 3.05) is 31.0 Å². The molecule has 0 radical (unpaired) electrons. The van der Waals surface area contributed by atoms with Gasteiger partial charge in [-0.15, -0.1) is 22.7 Å². The molecule has 19 aromatic rings. The summed E-state index contributed by atoms with van der Waals surface area (Å²) in [4.78, 5) is 34.8. The number of nitrogens with zero attached hydrogens (tertiary/aromatic N) is 10. The molecule has 0 spiro atoms. The van der Waals surface area contributed by atoms with Crippen LogP contribution in [0.25, 0.3) is 113 Å². The van der Waals surface area contributed by atoms with Crippen molar-refractivity contribution in [3.8, 4) is 39.3 Å². The van der Waals surface area contributed by atoms with Crippen LogP contribution in [0.4, 0.5) is 80.4 Å². The molecule has 111 heavy (non-hydrogen) atoms. The number of hydrogen-bond donors (Lipinski definition) is 0. The lowest BCUT2D eigenvalue weighted by molar-refractivity contribution is 0.921. The van der Waals surface area contributed by atoms with E-state index in [0.717, 1.165) is 146 Å². The van der Waals surface area contributed by atoms with Crippen molar-refractivity contribution >= 4 is 176 Å². The first kappa shape index (κ1) is 63.9. The van der Waals surface area contributed by atoms with Crippen molar-refractivity contribution < 1.29 is 0 Å². The summed E-state index contributed by atoms with van der Waals surface area (Å²) in [6, 6.07) is 124. The van der Waals surface area contributed by atoms with Gasteiger partial charge in [0.25, 0.3) is 0 Å². The van der Waals surface area contributed by atoms with Gasteiger partial charge in [-0.3, -0.25) is 9.80 Å². The number of thiophene rings is 2. The highest BCUT2D eigenvalue weighted by Gasteiger charge is 2.37. The average Bonchev–Trinajstić information content (AvgIpc) is 1.53. The van der Waals surface area contributed by atoms with E-state index in [1.165, 1.54) is 40.3 Å². The zero-order valence-electron chi connectivity index (χ0n) is 59.8. The maximum Gasteiger partial charge on any atom is 0.241 e. The summed E-state index contributed by atoms with van der Waals surface area (Å²) >= 11 is 3.65. The lowest BCUT2D eigenvalue weighted by atomic mass is 9.97. The Morgan fingerprint density at radius 2 is 0.685 bits per heavy atom. The summed E-state index contributed by atoms with van der Waals surface area (Å²) in [5, 5.41) is 7.00. The zero-order chi connectivity index (χ0) is 73.2. The van der Waals surface area contributed by atoms with E-state index in [4.69, 9.17) is 26.5 Å². The Balaban J connectivity index is 0.817. The van der Waals surface area contributed by atoms with Crippen molar-refractivity contribution in [2.45, 2.75) is 0 Å². The smallest absolute Gasteiger partial charge is 0.241 e. The van der Waals surface area contributed by atoms with Gasteiger partial charge in [-0.05, 0) is 180 Å². The minimum absolute atomic E-state index is 0.348. The predicted octanol–water partition coefficient (Wildman–Crippen LogP) is 27.4. The van der Waals surface area contributed by atoms with Crippen molar-refractivity contribution in [2.24, 2.45) is 0 Å². The molecule has 0 N–H and O–H groups in total. The first-order valence-corrected chi connectivity index (χ1v) is 38.9. The van der Waals surface area contributed by atoms with Crippen molar-refractivity contribution in [1.82, 2.24) is 24.5 Å². The van der Waals surface area contributed by atoms with Gasteiger partial charge in [-0.1, -0.05) is 219 Å². The molecule has 0 unspecified atom stereocenters. The molecule has 8 heterocycles. The fourth-order valence-corrected chi connectivity index (χ4v) is 18.9. The van der Waals surface area contributed by atoms with Crippen LogP contribution in [0.1, 0.15) is 11.1 Å². The van der Waals surface area contributed by atoms with Crippen LogP contribution in [0, 0.1) is 0 Å². The van der Waals surface area contributed by atoms with Crippen LogP contribution >= 0.6 is 22.7 Å². The second kappa shape index (κ2) is 26.0. The summed E-state index contributed by atoms with van der Waals surface area (Å²) < 4.78 is 7.46. The minimum Gasteiger partial charge on any atom is -0.309 e. The summed E-state index contributed by atoms with van der Waals surface area (Å²) in [6.07, 6.45) is 6.70. The minimum atomic E-state index is 0.348. The molecular weight excluding hydrogens is 1390 g/mol. The molecule has 0 amide bonds. The van der Waals surface area contributed by atoms with E-state index in [9.17, 15) is 0 Å². The number of allylic oxidation sites excluding steroid dienone is 4. The van der Waals surface area contributed by atoms with Crippen LogP contribution in [0.2, 0.25) is 0 Å². The Kier molecular flexibility index (Phi) is 15.0. The van der Waals surface area contributed by atoms with E-state index in [1.54, 1.807) is 0 Å². The van der Waals surface area contributed by atoms with Crippen LogP contribution in [0.3, 0.4) is 0 Å². The lowest BCUT2D eigenvalue weighted by Crippen LogP contribution is -2.29. The third-order valence-electron chi connectivity index (χ3n) is 21.8. The molecule has 12 heteroatoms. The van der Waals surface area contributed by atoms with Gasteiger partial charge in [-0.25, -0.2) is 4.98 Å². The SMILES string of the molecule is C=C1/C=C(c2ccccc2)\C=C/CN(c2nc(N3c4ccccc4N(c4ccccc4)c4ccccc43)nc(N3c4ccccc4N(c4ccccc4)c4ccccc43)n2)c2cc3c4cc(-c5ccccc5)ccc4n(-c4cc(-c5ccc6sc7ccccc7c6c5)nc(-c5ccc6sc7ccccc7c6c5)c4)c3cc21. The highest BCUT2D eigenvalue weighted by Crippen LogP contribution is 2.57. The molecule has 5 aromatic heterocycles. The first-order chi connectivity index (χ1) is 54.9. The average molecular weight is 1460 g/mol. The number of aromatic nitrogens is 5. The van der Waals surface area contributed by atoms with Gasteiger partial charge in [0.05, 0.1) is 79.3 Å². The third kappa shape index (κ3) is 10.7. The van der Waals surface area contributed by atoms with Gasteiger partial charge in [0.1, 0.15) is 0 Å². The van der Waals surface area contributed by atoms with Crippen LogP contribution in [-0.4, -0.2) is 31.0 Å². The molecule has 0 atom stereocenters. The van der Waals surface area contributed by atoms with Gasteiger partial charge in [0, 0.05) is 85.7 Å². The van der Waals surface area contributed by atoms with Crippen LogP contribution in [0.5, 0.6) is 0 Å². The monoisotopic (exact) mass is 1460 g/mol. The van der Waals surface area contributed by atoms with Gasteiger partial charge in [-0.2, -0.15) is 15.0 Å². The Labute approximate surface area is 648 Å². The second-order valence-corrected chi connectivity index (χ2v) is 30.4. The molecule has 10 nitrogen and oxygen atoms in total. The molecule has 0 saturated carbocycles. The van der Waals surface area contributed by atoms with E-state index in [-0.39, 0.29) is 0 Å². The Morgan fingerprint density at radius 3 is 1.19 bits per heavy atom. The van der Waals surface area contributed by atoms with E-state index in [2.05, 4.69) is 393 Å². The van der Waals surface area contributed by atoms with Crippen LogP contribution in [0.15, 0.2) is 371 Å². The van der Waals surface area contributed by atoms with E-state index in [1.807, 2.05) is 22.7 Å². The highest BCUT2D eigenvalue weighted by atomic mass is 32.1. The Hall–Kier alpha value is -14.3. The van der Waals surface area contributed by atoms with E-state index >= 15 is 0 Å². The van der Waals surface area contributed by atoms with Gasteiger partial charge in [0.15, 0.2) is 0 Å². The topological polar surface area (TPSA) is 72.7 Å². The fraction of sp³-hybridized carbons (Fsp3) is 0.0101. The van der Waals surface area contributed by atoms with Crippen LogP contribution in [-0.2, 0) is 0 Å². The quantitative estimate of drug-likeness (QED) is 0.133. The third-order valence-corrected chi connectivity index (χ3v) is 24.1. The number of pyridine rings is 1. The number of benzene rings is 14. The maximum absolute atomic E-state index is 5.92. The van der Waals surface area contributed by atoms with E-state index in [0.29, 0.717) is 24.4 Å². The molecule has 0 saturated heterocycles. The maximum atomic E-state index is 5.92. The predicted molar refractivity (Wildman–Crippen MR) is 466 cm³/mol. The number of hydrogen-bond acceptors (Lipinski definition) is 11. The van der Waals surface area contributed by atoms with Crippen LogP contribution < -0.4 is 24.5 Å². The molecule has 22 rings (SSSR count). The fourth-order valence-electron chi connectivity index (χ4n) is 16.7. The number of para-hydroxylation sites is 10. The van der Waals surface area contributed by atoms with Gasteiger partial charge >= 0.3 is 0 Å². The summed E-state index contributed by atoms with van der Waals surface area (Å²) in [6.45, 7) is 5.47. The summed E-state index contributed by atoms with van der Waals surface area (Å²) in [7, 11) is 0. The normalized spacial score (nSPS) is 14.1. The highest BCUT2D eigenvalue weighted by molar-refractivity contribution is 7.26. The summed E-state index contributed by atoms with van der Waals surface area (Å²) in [5.74, 6) is 1.30. The largest absolute Gasteiger partial charge is 0.309 e.